The first-order chi connectivity index (χ1) is 14.4. The predicted molar refractivity (Wildman–Crippen MR) is 122 cm³/mol. The summed E-state index contributed by atoms with van der Waals surface area (Å²) >= 11 is 13.7. The number of nitrogens with zero attached hydrogens (tertiary/aromatic N) is 1. The van der Waals surface area contributed by atoms with Gasteiger partial charge < -0.3 is 10.1 Å². The van der Waals surface area contributed by atoms with Gasteiger partial charge in [-0.15, -0.1) is 11.3 Å². The highest BCUT2D eigenvalue weighted by atomic mass is 35.5. The number of halogens is 2. The van der Waals surface area contributed by atoms with E-state index in [2.05, 4.69) is 5.32 Å². The van der Waals surface area contributed by atoms with Crippen LogP contribution in [-0.2, 0) is 9.59 Å². The van der Waals surface area contributed by atoms with Gasteiger partial charge >= 0.3 is 0 Å². The number of imide groups is 1. The number of ether oxygens (including phenoxy) is 1. The summed E-state index contributed by atoms with van der Waals surface area (Å²) in [4.78, 5) is 28.6. The standard InChI is InChI=1S/C22H16Cl2N2O3S/c1-12-5-6-13(23)10-16(12)26-21(27)19(18-4-3-9-30-18)20(22(26)28)25-14-7-8-17(29-2)15(24)11-14/h3-11,25H,1-2H3. The second-order valence-electron chi connectivity index (χ2n) is 6.58. The third-order valence-corrected chi connectivity index (χ3v) is 6.10. The van der Waals surface area contributed by atoms with Gasteiger partial charge in [-0.1, -0.05) is 35.3 Å². The maximum Gasteiger partial charge on any atom is 0.282 e. The average Bonchev–Trinajstić information content (AvgIpc) is 3.31. The Bertz CT molecular complexity index is 1190. The first kappa shape index (κ1) is 20.5. The molecule has 0 atom stereocenters. The first-order valence-electron chi connectivity index (χ1n) is 8.94. The third-order valence-electron chi connectivity index (χ3n) is 4.68. The molecule has 30 heavy (non-hydrogen) atoms. The molecule has 0 saturated heterocycles. The van der Waals surface area contributed by atoms with Crippen molar-refractivity contribution in [3.63, 3.8) is 0 Å². The van der Waals surface area contributed by atoms with Crippen LogP contribution in [0.5, 0.6) is 5.75 Å². The van der Waals surface area contributed by atoms with Gasteiger partial charge in [-0.05, 0) is 54.3 Å². The maximum atomic E-state index is 13.4. The minimum atomic E-state index is -0.458. The van der Waals surface area contributed by atoms with Crippen LogP contribution in [0.15, 0.2) is 59.6 Å². The van der Waals surface area contributed by atoms with Crippen LogP contribution in [0.25, 0.3) is 5.57 Å². The van der Waals surface area contributed by atoms with Crippen molar-refractivity contribution in [3.05, 3.63) is 80.1 Å². The number of thiophene rings is 1. The lowest BCUT2D eigenvalue weighted by atomic mass is 10.1. The topological polar surface area (TPSA) is 58.6 Å². The van der Waals surface area contributed by atoms with Crippen molar-refractivity contribution < 1.29 is 14.3 Å². The highest BCUT2D eigenvalue weighted by molar-refractivity contribution is 7.11. The summed E-state index contributed by atoms with van der Waals surface area (Å²) in [5, 5.41) is 5.77. The summed E-state index contributed by atoms with van der Waals surface area (Å²) in [7, 11) is 1.52. The van der Waals surface area contributed by atoms with Gasteiger partial charge in [-0.3, -0.25) is 9.59 Å². The smallest absolute Gasteiger partial charge is 0.282 e. The number of hydrogen-bond acceptors (Lipinski definition) is 5. The zero-order valence-electron chi connectivity index (χ0n) is 16.0. The Balaban J connectivity index is 1.81. The van der Waals surface area contributed by atoms with Crippen LogP contribution in [0.1, 0.15) is 10.4 Å². The Morgan fingerprint density at radius 2 is 1.83 bits per heavy atom. The largest absolute Gasteiger partial charge is 0.495 e. The van der Waals surface area contributed by atoms with E-state index in [0.29, 0.717) is 37.6 Å². The number of anilines is 2. The normalized spacial score (nSPS) is 13.9. The summed E-state index contributed by atoms with van der Waals surface area (Å²) in [5.74, 6) is -0.352. The summed E-state index contributed by atoms with van der Waals surface area (Å²) in [6, 6.07) is 13.8. The first-order valence-corrected chi connectivity index (χ1v) is 10.6. The van der Waals surface area contributed by atoms with E-state index in [9.17, 15) is 9.59 Å². The molecule has 8 heteroatoms. The van der Waals surface area contributed by atoms with E-state index >= 15 is 0 Å². The van der Waals surface area contributed by atoms with E-state index in [0.717, 1.165) is 10.5 Å². The third kappa shape index (κ3) is 3.58. The van der Waals surface area contributed by atoms with Crippen LogP contribution < -0.4 is 15.0 Å². The maximum absolute atomic E-state index is 13.4. The molecule has 0 unspecified atom stereocenters. The Labute approximate surface area is 187 Å². The van der Waals surface area contributed by atoms with Crippen LogP contribution in [0.4, 0.5) is 11.4 Å². The van der Waals surface area contributed by atoms with Crippen LogP contribution in [0, 0.1) is 6.92 Å². The fourth-order valence-electron chi connectivity index (χ4n) is 3.23. The van der Waals surface area contributed by atoms with E-state index < -0.39 is 11.8 Å². The van der Waals surface area contributed by atoms with Crippen molar-refractivity contribution in [1.29, 1.82) is 0 Å². The van der Waals surface area contributed by atoms with Crippen molar-refractivity contribution in [2.24, 2.45) is 0 Å². The molecule has 1 N–H and O–H groups in total. The summed E-state index contributed by atoms with van der Waals surface area (Å²) in [5.41, 5.74) is 2.27. The van der Waals surface area contributed by atoms with E-state index in [4.69, 9.17) is 27.9 Å². The molecule has 1 aromatic heterocycles. The molecule has 0 fully saturated rings. The molecule has 1 aliphatic heterocycles. The van der Waals surface area contributed by atoms with Crippen LogP contribution >= 0.6 is 34.5 Å². The predicted octanol–water partition coefficient (Wildman–Crippen LogP) is 5.77. The van der Waals surface area contributed by atoms with Crippen molar-refractivity contribution >= 4 is 63.3 Å². The molecule has 2 aromatic carbocycles. The molecule has 2 heterocycles. The Morgan fingerprint density at radius 1 is 1.03 bits per heavy atom. The lowest BCUT2D eigenvalue weighted by molar-refractivity contribution is -0.120. The van der Waals surface area contributed by atoms with Crippen LogP contribution in [0.3, 0.4) is 0 Å². The molecule has 0 spiro atoms. The molecule has 0 radical (unpaired) electrons. The Kier molecular flexibility index (Phi) is 5.56. The zero-order chi connectivity index (χ0) is 21.4. The van der Waals surface area contributed by atoms with E-state index in [1.165, 1.54) is 18.4 Å². The molecule has 152 valence electrons. The monoisotopic (exact) mass is 458 g/mol. The zero-order valence-corrected chi connectivity index (χ0v) is 18.4. The Morgan fingerprint density at radius 3 is 2.50 bits per heavy atom. The number of carbonyl (C=O) groups is 2. The number of amides is 2. The number of nitrogens with one attached hydrogen (secondary N) is 1. The average molecular weight is 459 g/mol. The molecular weight excluding hydrogens is 443 g/mol. The van der Waals surface area contributed by atoms with Crippen molar-refractivity contribution in [2.75, 3.05) is 17.3 Å². The van der Waals surface area contributed by atoms with Gasteiger partial charge in [-0.2, -0.15) is 0 Å². The fraction of sp³-hybridized carbons (Fsp3) is 0.0909. The van der Waals surface area contributed by atoms with Crippen molar-refractivity contribution in [2.45, 2.75) is 6.92 Å². The van der Waals surface area contributed by atoms with Crippen molar-refractivity contribution in [3.8, 4) is 5.75 Å². The number of rotatable bonds is 5. The fourth-order valence-corrected chi connectivity index (χ4v) is 4.42. The SMILES string of the molecule is COc1ccc(NC2=C(c3cccs3)C(=O)N(c3cc(Cl)ccc3C)C2=O)cc1Cl. The lowest BCUT2D eigenvalue weighted by Crippen LogP contribution is -2.33. The van der Waals surface area contributed by atoms with Crippen LogP contribution in [0.2, 0.25) is 10.0 Å². The number of benzene rings is 2. The number of aryl methyl sites for hydroxylation is 1. The number of carbonyl (C=O) groups excluding carboxylic acids is 2. The van der Waals surface area contributed by atoms with Gasteiger partial charge in [0.05, 0.1) is 23.4 Å². The van der Waals surface area contributed by atoms with Gasteiger partial charge in [0.1, 0.15) is 11.4 Å². The van der Waals surface area contributed by atoms with E-state index in [-0.39, 0.29) is 5.70 Å². The molecule has 5 nitrogen and oxygen atoms in total. The van der Waals surface area contributed by atoms with Gasteiger partial charge in [0.15, 0.2) is 0 Å². The molecular formula is C22H16Cl2N2O3S. The summed E-state index contributed by atoms with van der Waals surface area (Å²) < 4.78 is 5.18. The van der Waals surface area contributed by atoms with Crippen LogP contribution in [-0.4, -0.2) is 18.9 Å². The molecule has 0 bridgehead atoms. The highest BCUT2D eigenvalue weighted by Gasteiger charge is 2.41. The van der Waals surface area contributed by atoms with E-state index in [1.54, 1.807) is 36.4 Å². The second-order valence-corrected chi connectivity index (χ2v) is 8.37. The van der Waals surface area contributed by atoms with Gasteiger partial charge in [-0.25, -0.2) is 4.90 Å². The lowest BCUT2D eigenvalue weighted by Gasteiger charge is -2.18. The molecule has 1 aliphatic rings. The minimum Gasteiger partial charge on any atom is -0.495 e. The minimum absolute atomic E-state index is 0.183. The van der Waals surface area contributed by atoms with Crippen molar-refractivity contribution in [1.82, 2.24) is 0 Å². The summed E-state index contributed by atoms with van der Waals surface area (Å²) in [6.45, 7) is 1.83. The second kappa shape index (κ2) is 8.14. The highest BCUT2D eigenvalue weighted by Crippen LogP contribution is 2.38. The molecule has 0 saturated carbocycles. The molecule has 3 aromatic rings. The quantitative estimate of drug-likeness (QED) is 0.493. The Hall–Kier alpha value is -2.80. The van der Waals surface area contributed by atoms with Gasteiger partial charge in [0.2, 0.25) is 0 Å². The number of methoxy groups -OCH3 is 1. The molecule has 4 rings (SSSR count). The molecule has 0 aliphatic carbocycles. The van der Waals surface area contributed by atoms with Gasteiger partial charge in [0, 0.05) is 15.6 Å². The van der Waals surface area contributed by atoms with Gasteiger partial charge in [0.25, 0.3) is 11.8 Å². The van der Waals surface area contributed by atoms with E-state index in [1.807, 2.05) is 24.4 Å². The number of hydrogen-bond donors (Lipinski definition) is 1. The molecule has 2 amide bonds. The summed E-state index contributed by atoms with van der Waals surface area (Å²) in [6.07, 6.45) is 0.